The van der Waals surface area contributed by atoms with Crippen molar-refractivity contribution in [1.29, 1.82) is 0 Å². The molecule has 0 saturated heterocycles. The van der Waals surface area contributed by atoms with Gasteiger partial charge < -0.3 is 4.74 Å². The zero-order valence-corrected chi connectivity index (χ0v) is 12.8. The molecule has 0 radical (unpaired) electrons. The molecule has 2 aromatic rings. The van der Waals surface area contributed by atoms with E-state index in [4.69, 9.17) is 4.74 Å². The lowest BCUT2D eigenvalue weighted by molar-refractivity contribution is 0.416. The topological polar surface area (TPSA) is 39.4 Å². The molecule has 2 rings (SSSR count). The molecule has 2 heterocycles. The SMILES string of the molecule is CC.CC.COc1c(C)nn2cc(C)nc(C)c12. The number of hydrogen-bond donors (Lipinski definition) is 0. The second kappa shape index (κ2) is 7.69. The molecule has 0 aliphatic carbocycles. The van der Waals surface area contributed by atoms with Crippen molar-refractivity contribution in [2.45, 2.75) is 48.5 Å². The second-order valence-corrected chi connectivity index (χ2v) is 3.38. The normalized spacial score (nSPS) is 9.11. The van der Waals surface area contributed by atoms with E-state index in [0.29, 0.717) is 0 Å². The molecule has 18 heavy (non-hydrogen) atoms. The van der Waals surface area contributed by atoms with Crippen LogP contribution in [-0.2, 0) is 0 Å². The minimum absolute atomic E-state index is 0.815. The molecular weight excluding hydrogens is 226 g/mol. The number of hydrogen-bond acceptors (Lipinski definition) is 3. The highest BCUT2D eigenvalue weighted by molar-refractivity contribution is 5.65. The number of ether oxygens (including phenoxy) is 1. The lowest BCUT2D eigenvalue weighted by atomic mass is 10.3. The van der Waals surface area contributed by atoms with Gasteiger partial charge in [0.15, 0.2) is 5.75 Å². The molecule has 0 bridgehead atoms. The van der Waals surface area contributed by atoms with Crippen LogP contribution in [0.4, 0.5) is 0 Å². The van der Waals surface area contributed by atoms with Crippen LogP contribution in [0.2, 0.25) is 0 Å². The summed E-state index contributed by atoms with van der Waals surface area (Å²) in [4.78, 5) is 4.38. The molecule has 0 aliphatic rings. The van der Waals surface area contributed by atoms with E-state index < -0.39 is 0 Å². The third-order valence-electron chi connectivity index (χ3n) is 2.23. The molecule has 0 saturated carbocycles. The summed E-state index contributed by atoms with van der Waals surface area (Å²) in [5.74, 6) is 0.815. The highest BCUT2D eigenvalue weighted by atomic mass is 16.5. The number of methoxy groups -OCH3 is 1. The predicted molar refractivity (Wildman–Crippen MR) is 76.4 cm³/mol. The van der Waals surface area contributed by atoms with Crippen LogP contribution >= 0.6 is 0 Å². The van der Waals surface area contributed by atoms with Crippen LogP contribution in [0.1, 0.15) is 44.8 Å². The van der Waals surface area contributed by atoms with Crippen molar-refractivity contribution in [1.82, 2.24) is 14.6 Å². The molecule has 0 aliphatic heterocycles. The summed E-state index contributed by atoms with van der Waals surface area (Å²) in [5, 5.41) is 4.36. The van der Waals surface area contributed by atoms with Crippen LogP contribution in [0.3, 0.4) is 0 Å². The van der Waals surface area contributed by atoms with Crippen molar-refractivity contribution >= 4 is 5.52 Å². The lowest BCUT2D eigenvalue weighted by Crippen LogP contribution is -1.96. The minimum Gasteiger partial charge on any atom is -0.492 e. The fourth-order valence-corrected chi connectivity index (χ4v) is 1.72. The molecule has 4 heteroatoms. The third-order valence-corrected chi connectivity index (χ3v) is 2.23. The number of aryl methyl sites for hydroxylation is 3. The zero-order valence-electron chi connectivity index (χ0n) is 12.8. The first-order valence-corrected chi connectivity index (χ1v) is 6.50. The highest BCUT2D eigenvalue weighted by Gasteiger charge is 2.12. The van der Waals surface area contributed by atoms with Crippen molar-refractivity contribution in [2.24, 2.45) is 0 Å². The maximum absolute atomic E-state index is 5.30. The second-order valence-electron chi connectivity index (χ2n) is 3.38. The lowest BCUT2D eigenvalue weighted by Gasteiger charge is -2.01. The maximum Gasteiger partial charge on any atom is 0.169 e. The predicted octanol–water partition coefficient (Wildman–Crippen LogP) is 3.72. The van der Waals surface area contributed by atoms with Crippen LogP contribution in [-0.4, -0.2) is 21.7 Å². The standard InChI is InChI=1S/C10H13N3O.2C2H6/c1-6-5-13-9(7(2)11-6)10(14-4)8(3)12-13;2*1-2/h5H,1-4H3;2*1-2H3. The Kier molecular flexibility index (Phi) is 7.01. The summed E-state index contributed by atoms with van der Waals surface area (Å²) in [5.41, 5.74) is 3.75. The zero-order chi connectivity index (χ0) is 14.3. The fraction of sp³-hybridized carbons (Fsp3) is 0.571. The van der Waals surface area contributed by atoms with E-state index in [0.717, 1.165) is 28.3 Å². The van der Waals surface area contributed by atoms with Gasteiger partial charge in [-0.3, -0.25) is 4.98 Å². The van der Waals surface area contributed by atoms with Gasteiger partial charge in [-0.05, 0) is 20.8 Å². The molecule has 0 spiro atoms. The van der Waals surface area contributed by atoms with E-state index in [1.165, 1.54) is 0 Å². The van der Waals surface area contributed by atoms with Crippen molar-refractivity contribution in [3.8, 4) is 5.75 Å². The molecule has 102 valence electrons. The van der Waals surface area contributed by atoms with Crippen LogP contribution < -0.4 is 4.74 Å². The van der Waals surface area contributed by atoms with Crippen molar-refractivity contribution in [3.05, 3.63) is 23.3 Å². The largest absolute Gasteiger partial charge is 0.492 e. The quantitative estimate of drug-likeness (QED) is 0.775. The van der Waals surface area contributed by atoms with Gasteiger partial charge in [-0.2, -0.15) is 5.10 Å². The van der Waals surface area contributed by atoms with Crippen LogP contribution in [0.25, 0.3) is 5.52 Å². The molecule has 0 aromatic carbocycles. The van der Waals surface area contributed by atoms with E-state index in [-0.39, 0.29) is 0 Å². The molecule has 0 fully saturated rings. The Morgan fingerprint density at radius 2 is 1.56 bits per heavy atom. The molecule has 2 aromatic heterocycles. The van der Waals surface area contributed by atoms with Crippen molar-refractivity contribution in [2.75, 3.05) is 7.11 Å². The van der Waals surface area contributed by atoms with Gasteiger partial charge in [0.1, 0.15) is 11.2 Å². The molecule has 4 nitrogen and oxygen atoms in total. The molecule has 0 unspecified atom stereocenters. The van der Waals surface area contributed by atoms with E-state index >= 15 is 0 Å². The Morgan fingerprint density at radius 1 is 1.00 bits per heavy atom. The summed E-state index contributed by atoms with van der Waals surface area (Å²) < 4.78 is 7.12. The Labute approximate surface area is 110 Å². The van der Waals surface area contributed by atoms with Gasteiger partial charge in [-0.1, -0.05) is 27.7 Å². The van der Waals surface area contributed by atoms with Gasteiger partial charge in [0.05, 0.1) is 24.7 Å². The van der Waals surface area contributed by atoms with Crippen LogP contribution in [0.15, 0.2) is 6.20 Å². The minimum atomic E-state index is 0.815. The van der Waals surface area contributed by atoms with E-state index in [1.54, 1.807) is 7.11 Å². The fourth-order valence-electron chi connectivity index (χ4n) is 1.72. The van der Waals surface area contributed by atoms with Crippen molar-refractivity contribution in [3.63, 3.8) is 0 Å². The van der Waals surface area contributed by atoms with Crippen LogP contribution in [0.5, 0.6) is 5.75 Å². The number of fused-ring (bicyclic) bond motifs is 1. The van der Waals surface area contributed by atoms with Crippen molar-refractivity contribution < 1.29 is 4.74 Å². The van der Waals surface area contributed by atoms with Gasteiger partial charge in [0.25, 0.3) is 0 Å². The van der Waals surface area contributed by atoms with Gasteiger partial charge in [-0.15, -0.1) is 0 Å². The monoisotopic (exact) mass is 251 g/mol. The first-order chi connectivity index (χ1) is 8.63. The highest BCUT2D eigenvalue weighted by Crippen LogP contribution is 2.25. The first-order valence-electron chi connectivity index (χ1n) is 6.50. The van der Waals surface area contributed by atoms with Crippen LogP contribution in [0, 0.1) is 20.8 Å². The number of nitrogens with zero attached hydrogens (tertiary/aromatic N) is 3. The summed E-state index contributed by atoms with van der Waals surface area (Å²) in [7, 11) is 1.66. The average molecular weight is 251 g/mol. The third kappa shape index (κ3) is 3.22. The average Bonchev–Trinajstić information content (AvgIpc) is 2.69. The first kappa shape index (κ1) is 16.4. The van der Waals surface area contributed by atoms with Gasteiger partial charge in [-0.25, -0.2) is 4.52 Å². The molecular formula is C14H25N3O. The van der Waals surface area contributed by atoms with Gasteiger partial charge in [0, 0.05) is 0 Å². The van der Waals surface area contributed by atoms with Gasteiger partial charge in [0.2, 0.25) is 0 Å². The van der Waals surface area contributed by atoms with E-state index in [9.17, 15) is 0 Å². The Bertz CT molecular complexity index is 489. The van der Waals surface area contributed by atoms with Gasteiger partial charge >= 0.3 is 0 Å². The summed E-state index contributed by atoms with van der Waals surface area (Å²) in [6.07, 6.45) is 1.90. The number of rotatable bonds is 1. The summed E-state index contributed by atoms with van der Waals surface area (Å²) in [6, 6.07) is 0. The molecule has 0 N–H and O–H groups in total. The maximum atomic E-state index is 5.30. The Balaban J connectivity index is 0.000000659. The Morgan fingerprint density at radius 3 is 2.06 bits per heavy atom. The van der Waals surface area contributed by atoms with E-state index in [1.807, 2.05) is 59.2 Å². The molecule has 0 amide bonds. The Hall–Kier alpha value is -1.58. The summed E-state index contributed by atoms with van der Waals surface area (Å²) >= 11 is 0. The summed E-state index contributed by atoms with van der Waals surface area (Å²) in [6.45, 7) is 13.8. The van der Waals surface area contributed by atoms with E-state index in [2.05, 4.69) is 10.1 Å². The smallest absolute Gasteiger partial charge is 0.169 e. The number of aromatic nitrogens is 3. The molecule has 0 atom stereocenters.